The molecular weight excluding hydrogens is 412 g/mol. The SMILES string of the molecule is CSc1cccc(N(CC(=O)N[C@@H](C)c2ccc3c(c2)OCCO3)S(C)(=O)=O)c1. The second kappa shape index (κ2) is 8.96. The molecule has 2 aromatic rings. The van der Waals surface area contributed by atoms with Gasteiger partial charge in [-0.1, -0.05) is 12.1 Å². The van der Waals surface area contributed by atoms with Gasteiger partial charge >= 0.3 is 0 Å². The molecular formula is C20H24N2O5S2. The first-order valence-corrected chi connectivity index (χ1v) is 12.2. The van der Waals surface area contributed by atoms with Crippen LogP contribution in [0, 0.1) is 0 Å². The fourth-order valence-electron chi connectivity index (χ4n) is 3.00. The minimum atomic E-state index is -3.62. The fourth-order valence-corrected chi connectivity index (χ4v) is 4.30. The lowest BCUT2D eigenvalue weighted by Gasteiger charge is -2.24. The van der Waals surface area contributed by atoms with Crippen LogP contribution in [0.2, 0.25) is 0 Å². The van der Waals surface area contributed by atoms with Gasteiger partial charge in [0, 0.05) is 4.90 Å². The predicted molar refractivity (Wildman–Crippen MR) is 114 cm³/mol. The molecule has 7 nitrogen and oxygen atoms in total. The third-order valence-corrected chi connectivity index (χ3v) is 6.34. The van der Waals surface area contributed by atoms with Crippen LogP contribution in [0.1, 0.15) is 18.5 Å². The van der Waals surface area contributed by atoms with Crippen molar-refractivity contribution in [2.75, 3.05) is 36.6 Å². The molecule has 1 aliphatic rings. The maximum Gasteiger partial charge on any atom is 0.241 e. The van der Waals surface area contributed by atoms with Gasteiger partial charge in [-0.15, -0.1) is 11.8 Å². The topological polar surface area (TPSA) is 84.9 Å². The van der Waals surface area contributed by atoms with Gasteiger partial charge in [-0.25, -0.2) is 8.42 Å². The van der Waals surface area contributed by atoms with Crippen molar-refractivity contribution in [3.8, 4) is 11.5 Å². The number of carbonyl (C=O) groups is 1. The molecule has 1 heterocycles. The van der Waals surface area contributed by atoms with Crippen molar-refractivity contribution in [2.45, 2.75) is 17.9 Å². The van der Waals surface area contributed by atoms with Crippen LogP contribution in [0.25, 0.3) is 0 Å². The predicted octanol–water partition coefficient (Wildman–Crippen LogP) is 2.82. The second-order valence-electron chi connectivity index (χ2n) is 6.66. The largest absolute Gasteiger partial charge is 0.486 e. The Morgan fingerprint density at radius 3 is 2.59 bits per heavy atom. The number of benzene rings is 2. The highest BCUT2D eigenvalue weighted by atomic mass is 32.2. The monoisotopic (exact) mass is 436 g/mol. The number of sulfonamides is 1. The summed E-state index contributed by atoms with van der Waals surface area (Å²) in [6.07, 6.45) is 3.00. The van der Waals surface area contributed by atoms with Gasteiger partial charge in [-0.3, -0.25) is 9.10 Å². The second-order valence-corrected chi connectivity index (χ2v) is 9.45. The molecule has 0 spiro atoms. The first-order chi connectivity index (χ1) is 13.8. The summed E-state index contributed by atoms with van der Waals surface area (Å²) in [6, 6.07) is 12.3. The van der Waals surface area contributed by atoms with Gasteiger partial charge in [0.1, 0.15) is 19.8 Å². The van der Waals surface area contributed by atoms with Crippen molar-refractivity contribution in [3.63, 3.8) is 0 Å². The maximum absolute atomic E-state index is 12.6. The van der Waals surface area contributed by atoms with Crippen LogP contribution in [0.3, 0.4) is 0 Å². The lowest BCUT2D eigenvalue weighted by atomic mass is 10.1. The van der Waals surface area contributed by atoms with Crippen LogP contribution in [0.4, 0.5) is 5.69 Å². The van der Waals surface area contributed by atoms with Crippen LogP contribution in [0.15, 0.2) is 47.4 Å². The summed E-state index contributed by atoms with van der Waals surface area (Å²) in [5, 5.41) is 2.86. The number of rotatable bonds is 7. The molecule has 0 saturated carbocycles. The highest BCUT2D eigenvalue weighted by Crippen LogP contribution is 2.32. The number of amides is 1. The molecule has 0 saturated heterocycles. The number of nitrogens with zero attached hydrogens (tertiary/aromatic N) is 1. The molecule has 0 aliphatic carbocycles. The summed E-state index contributed by atoms with van der Waals surface area (Å²) in [7, 11) is -3.62. The molecule has 1 N–H and O–H groups in total. The Kier molecular flexibility index (Phi) is 6.59. The highest BCUT2D eigenvalue weighted by molar-refractivity contribution is 7.98. The minimum Gasteiger partial charge on any atom is -0.486 e. The van der Waals surface area contributed by atoms with Crippen molar-refractivity contribution < 1.29 is 22.7 Å². The molecule has 0 unspecified atom stereocenters. The van der Waals surface area contributed by atoms with Crippen LogP contribution >= 0.6 is 11.8 Å². The summed E-state index contributed by atoms with van der Waals surface area (Å²) >= 11 is 1.50. The first kappa shape index (κ1) is 21.3. The van der Waals surface area contributed by atoms with E-state index in [-0.39, 0.29) is 12.6 Å². The molecule has 0 aromatic heterocycles. The summed E-state index contributed by atoms with van der Waals surface area (Å²) in [6.45, 7) is 2.53. The van der Waals surface area contributed by atoms with E-state index >= 15 is 0 Å². The summed E-state index contributed by atoms with van der Waals surface area (Å²) in [5.74, 6) is 0.921. The van der Waals surface area contributed by atoms with Gasteiger partial charge in [0.15, 0.2) is 11.5 Å². The Hall–Kier alpha value is -2.39. The number of anilines is 1. The third-order valence-electron chi connectivity index (χ3n) is 4.47. The van der Waals surface area contributed by atoms with Gasteiger partial charge in [-0.2, -0.15) is 0 Å². The molecule has 0 radical (unpaired) electrons. The van der Waals surface area contributed by atoms with E-state index in [2.05, 4.69) is 5.32 Å². The number of thioether (sulfide) groups is 1. The van der Waals surface area contributed by atoms with Crippen molar-refractivity contribution >= 4 is 33.4 Å². The van der Waals surface area contributed by atoms with E-state index in [0.717, 1.165) is 21.0 Å². The molecule has 1 aliphatic heterocycles. The van der Waals surface area contributed by atoms with Crippen LogP contribution in [-0.4, -0.2) is 46.6 Å². The summed E-state index contributed by atoms with van der Waals surface area (Å²) < 4.78 is 36.8. The number of hydrogen-bond donors (Lipinski definition) is 1. The van der Waals surface area contributed by atoms with Gasteiger partial charge < -0.3 is 14.8 Å². The average Bonchev–Trinajstić information content (AvgIpc) is 2.70. The molecule has 156 valence electrons. The van der Waals surface area contributed by atoms with Crippen molar-refractivity contribution in [3.05, 3.63) is 48.0 Å². The first-order valence-electron chi connectivity index (χ1n) is 9.08. The molecule has 3 rings (SSSR count). The smallest absolute Gasteiger partial charge is 0.241 e. The number of hydrogen-bond acceptors (Lipinski definition) is 6. The number of carbonyl (C=O) groups excluding carboxylic acids is 1. The molecule has 1 atom stereocenters. The van der Waals surface area contributed by atoms with E-state index in [1.807, 2.05) is 37.4 Å². The molecule has 29 heavy (non-hydrogen) atoms. The van der Waals surface area contributed by atoms with Gasteiger partial charge in [0.25, 0.3) is 0 Å². The number of nitrogens with one attached hydrogen (secondary N) is 1. The van der Waals surface area contributed by atoms with E-state index in [9.17, 15) is 13.2 Å². The van der Waals surface area contributed by atoms with Crippen molar-refractivity contribution in [1.82, 2.24) is 5.32 Å². The lowest BCUT2D eigenvalue weighted by Crippen LogP contribution is -2.41. The van der Waals surface area contributed by atoms with Crippen LogP contribution in [0.5, 0.6) is 11.5 Å². The maximum atomic E-state index is 12.6. The van der Waals surface area contributed by atoms with E-state index in [1.54, 1.807) is 18.2 Å². The molecule has 9 heteroatoms. The molecule has 1 amide bonds. The Bertz CT molecular complexity index is 994. The van der Waals surface area contributed by atoms with Crippen molar-refractivity contribution in [1.29, 1.82) is 0 Å². The van der Waals surface area contributed by atoms with Gasteiger partial charge in [-0.05, 0) is 49.1 Å². The number of ether oxygens (including phenoxy) is 2. The summed E-state index contributed by atoms with van der Waals surface area (Å²) in [5.41, 5.74) is 1.30. The Labute approximate surface area is 175 Å². The standard InChI is InChI=1S/C20H24N2O5S2/c1-14(15-7-8-18-19(11-15)27-10-9-26-18)21-20(23)13-22(29(3,24)25)16-5-4-6-17(12-16)28-2/h4-8,11-12,14H,9-10,13H2,1-3H3,(H,21,23)/t14-/m0/s1. The number of fused-ring (bicyclic) bond motifs is 1. The van der Waals surface area contributed by atoms with E-state index in [1.165, 1.54) is 11.8 Å². The average molecular weight is 437 g/mol. The molecule has 0 fully saturated rings. The lowest BCUT2D eigenvalue weighted by molar-refractivity contribution is -0.120. The molecule has 0 bridgehead atoms. The fraction of sp³-hybridized carbons (Fsp3) is 0.350. The van der Waals surface area contributed by atoms with E-state index in [0.29, 0.717) is 30.4 Å². The van der Waals surface area contributed by atoms with E-state index < -0.39 is 15.9 Å². The Morgan fingerprint density at radius 1 is 1.17 bits per heavy atom. The van der Waals surface area contributed by atoms with Gasteiger partial charge in [0.2, 0.25) is 15.9 Å². The molecule has 2 aromatic carbocycles. The third kappa shape index (κ3) is 5.36. The van der Waals surface area contributed by atoms with Gasteiger partial charge in [0.05, 0.1) is 18.0 Å². The summed E-state index contributed by atoms with van der Waals surface area (Å²) in [4.78, 5) is 13.5. The zero-order chi connectivity index (χ0) is 21.0. The highest BCUT2D eigenvalue weighted by Gasteiger charge is 2.23. The van der Waals surface area contributed by atoms with Crippen LogP contribution < -0.4 is 19.1 Å². The van der Waals surface area contributed by atoms with Crippen molar-refractivity contribution in [2.24, 2.45) is 0 Å². The van der Waals surface area contributed by atoms with Crippen LogP contribution in [-0.2, 0) is 14.8 Å². The quantitative estimate of drug-likeness (QED) is 0.672. The van der Waals surface area contributed by atoms with E-state index in [4.69, 9.17) is 9.47 Å². The zero-order valence-electron chi connectivity index (χ0n) is 16.5. The minimum absolute atomic E-state index is 0.300. The Balaban J connectivity index is 1.73. The zero-order valence-corrected chi connectivity index (χ0v) is 18.2. The normalized spacial score (nSPS) is 14.2. The Morgan fingerprint density at radius 2 is 1.90 bits per heavy atom.